The van der Waals surface area contributed by atoms with Gasteiger partial charge in [0.05, 0.1) is 5.69 Å². The molecule has 1 amide bonds. The first kappa shape index (κ1) is 16.0. The fraction of sp³-hybridized carbons (Fsp3) is 0.158. The topological polar surface area (TPSA) is 79.7 Å². The number of nitrogens with one attached hydrogen (secondary N) is 1. The quantitative estimate of drug-likeness (QED) is 0.581. The lowest BCUT2D eigenvalue weighted by molar-refractivity contribution is 0.0735. The Morgan fingerprint density at radius 1 is 1.15 bits per heavy atom. The van der Waals surface area contributed by atoms with Crippen LogP contribution in [0, 0.1) is 0 Å². The van der Waals surface area contributed by atoms with E-state index >= 15 is 0 Å². The molecule has 4 aromatic rings. The van der Waals surface area contributed by atoms with Crippen molar-refractivity contribution >= 4 is 28.4 Å². The predicted molar refractivity (Wildman–Crippen MR) is 101 cm³/mol. The zero-order valence-electron chi connectivity index (χ0n) is 14.3. The second-order valence-corrected chi connectivity index (χ2v) is 6.99. The number of aromatic nitrogens is 5. The van der Waals surface area contributed by atoms with Crippen molar-refractivity contribution in [3.8, 4) is 5.69 Å². The number of hydrogen-bond donors (Lipinski definition) is 1. The first-order chi connectivity index (χ1) is 13.2. The lowest BCUT2D eigenvalue weighted by atomic mass is 10.0. The van der Waals surface area contributed by atoms with Crippen LogP contribution in [0.4, 0.5) is 0 Å². The van der Waals surface area contributed by atoms with Gasteiger partial charge in [0.2, 0.25) is 0 Å². The summed E-state index contributed by atoms with van der Waals surface area (Å²) in [4.78, 5) is 18.3. The molecule has 3 heterocycles. The Hall–Kier alpha value is -3.19. The molecule has 0 fully saturated rings. The summed E-state index contributed by atoms with van der Waals surface area (Å²) in [6.07, 6.45) is 2.32. The fourth-order valence-electron chi connectivity index (χ4n) is 3.58. The Balaban J connectivity index is 1.42. The predicted octanol–water partition coefficient (Wildman–Crippen LogP) is 3.00. The highest BCUT2D eigenvalue weighted by Gasteiger charge is 2.25. The number of halogens is 1. The normalized spacial score (nSPS) is 13.7. The molecule has 0 radical (unpaired) electrons. The number of carbonyl (C=O) groups excluding carboxylic acids is 1. The van der Waals surface area contributed by atoms with Crippen LogP contribution in [-0.4, -0.2) is 42.5 Å². The van der Waals surface area contributed by atoms with Crippen molar-refractivity contribution in [2.24, 2.45) is 0 Å². The number of H-pyrrole nitrogens is 1. The number of hydrogen-bond acceptors (Lipinski definition) is 4. The first-order valence-corrected chi connectivity index (χ1v) is 8.98. The van der Waals surface area contributed by atoms with Gasteiger partial charge in [0.25, 0.3) is 5.91 Å². The van der Waals surface area contributed by atoms with Gasteiger partial charge >= 0.3 is 0 Å². The number of tetrazole rings is 1. The van der Waals surface area contributed by atoms with Gasteiger partial charge in [-0.05, 0) is 52.9 Å². The van der Waals surface area contributed by atoms with Gasteiger partial charge in [-0.1, -0.05) is 11.6 Å². The third-order valence-corrected chi connectivity index (χ3v) is 5.19. The SMILES string of the molecule is O=C(c1ccc(-n2cnnn2)cc1)N1CCc2[nH]c3ccc(Cl)cc3c2C1. The van der Waals surface area contributed by atoms with Crippen LogP contribution in [0.1, 0.15) is 21.6 Å². The van der Waals surface area contributed by atoms with Crippen LogP contribution in [0.15, 0.2) is 48.8 Å². The molecule has 1 aliphatic heterocycles. The van der Waals surface area contributed by atoms with Crippen LogP contribution in [0.2, 0.25) is 5.02 Å². The molecule has 1 aliphatic rings. The third kappa shape index (κ3) is 2.76. The molecular formula is C19H15ClN6O. The van der Waals surface area contributed by atoms with Gasteiger partial charge in [-0.25, -0.2) is 4.68 Å². The smallest absolute Gasteiger partial charge is 0.254 e. The summed E-state index contributed by atoms with van der Waals surface area (Å²) < 4.78 is 1.55. The Kier molecular flexibility index (Phi) is 3.68. The maximum Gasteiger partial charge on any atom is 0.254 e. The van der Waals surface area contributed by atoms with Gasteiger partial charge in [-0.2, -0.15) is 0 Å². The summed E-state index contributed by atoms with van der Waals surface area (Å²) in [6.45, 7) is 1.25. The Morgan fingerprint density at radius 3 is 2.78 bits per heavy atom. The molecule has 0 aliphatic carbocycles. The van der Waals surface area contributed by atoms with Gasteiger partial charge < -0.3 is 9.88 Å². The summed E-state index contributed by atoms with van der Waals surface area (Å²) in [5, 5.41) is 12.9. The van der Waals surface area contributed by atoms with E-state index in [4.69, 9.17) is 11.6 Å². The molecule has 0 unspecified atom stereocenters. The minimum atomic E-state index is 0.0142. The van der Waals surface area contributed by atoms with E-state index in [1.807, 2.05) is 35.2 Å². The van der Waals surface area contributed by atoms with Crippen molar-refractivity contribution in [3.05, 3.63) is 70.6 Å². The molecular weight excluding hydrogens is 364 g/mol. The number of carbonyl (C=O) groups is 1. The average molecular weight is 379 g/mol. The van der Waals surface area contributed by atoms with Gasteiger partial charge in [0, 0.05) is 52.3 Å². The van der Waals surface area contributed by atoms with Gasteiger partial charge in [0.15, 0.2) is 0 Å². The van der Waals surface area contributed by atoms with E-state index < -0.39 is 0 Å². The van der Waals surface area contributed by atoms with Crippen molar-refractivity contribution < 1.29 is 4.79 Å². The van der Waals surface area contributed by atoms with E-state index in [-0.39, 0.29) is 5.91 Å². The number of amides is 1. The molecule has 134 valence electrons. The lowest BCUT2D eigenvalue weighted by Crippen LogP contribution is -2.35. The molecule has 2 aromatic heterocycles. The van der Waals surface area contributed by atoms with Crippen molar-refractivity contribution in [3.63, 3.8) is 0 Å². The molecule has 27 heavy (non-hydrogen) atoms. The first-order valence-electron chi connectivity index (χ1n) is 8.61. The second kappa shape index (κ2) is 6.21. The summed E-state index contributed by atoms with van der Waals surface area (Å²) >= 11 is 6.16. The van der Waals surface area contributed by atoms with Crippen LogP contribution >= 0.6 is 11.6 Å². The standard InChI is InChI=1S/C19H15ClN6O/c20-13-3-6-17-15(9-13)16-10-25(8-7-18(16)22-17)19(27)12-1-4-14(5-2-12)26-11-21-23-24-26/h1-6,9,11,22H,7-8,10H2. The highest BCUT2D eigenvalue weighted by molar-refractivity contribution is 6.31. The van der Waals surface area contributed by atoms with Crippen molar-refractivity contribution in [1.82, 2.24) is 30.1 Å². The molecule has 0 saturated carbocycles. The van der Waals surface area contributed by atoms with E-state index in [0.29, 0.717) is 23.7 Å². The van der Waals surface area contributed by atoms with Crippen molar-refractivity contribution in [2.75, 3.05) is 6.54 Å². The highest BCUT2D eigenvalue weighted by Crippen LogP contribution is 2.30. The van der Waals surface area contributed by atoms with Crippen LogP contribution < -0.4 is 0 Å². The largest absolute Gasteiger partial charge is 0.358 e. The zero-order chi connectivity index (χ0) is 18.4. The fourth-order valence-corrected chi connectivity index (χ4v) is 3.75. The molecule has 2 aromatic carbocycles. The van der Waals surface area contributed by atoms with Crippen LogP contribution in [0.5, 0.6) is 0 Å². The summed E-state index contributed by atoms with van der Waals surface area (Å²) in [5.74, 6) is 0.0142. The van der Waals surface area contributed by atoms with Crippen molar-refractivity contribution in [1.29, 1.82) is 0 Å². The van der Waals surface area contributed by atoms with Gasteiger partial charge in [-0.15, -0.1) is 5.10 Å². The number of aromatic amines is 1. The maximum atomic E-state index is 13.0. The van der Waals surface area contributed by atoms with Crippen LogP contribution in [0.3, 0.4) is 0 Å². The van der Waals surface area contributed by atoms with Crippen molar-refractivity contribution in [2.45, 2.75) is 13.0 Å². The molecule has 8 heteroatoms. The number of rotatable bonds is 2. The zero-order valence-corrected chi connectivity index (χ0v) is 15.0. The number of nitrogens with zero attached hydrogens (tertiary/aromatic N) is 5. The van der Waals surface area contributed by atoms with E-state index in [1.165, 1.54) is 12.0 Å². The number of fused-ring (bicyclic) bond motifs is 3. The molecule has 7 nitrogen and oxygen atoms in total. The third-order valence-electron chi connectivity index (χ3n) is 4.95. The molecule has 5 rings (SSSR count). The van der Waals surface area contributed by atoms with E-state index in [2.05, 4.69) is 20.5 Å². The average Bonchev–Trinajstić information content (AvgIpc) is 3.35. The monoisotopic (exact) mass is 378 g/mol. The number of benzene rings is 2. The molecule has 0 bridgehead atoms. The Labute approximate surface area is 159 Å². The lowest BCUT2D eigenvalue weighted by Gasteiger charge is -2.27. The van der Waals surface area contributed by atoms with E-state index in [1.54, 1.807) is 16.8 Å². The summed E-state index contributed by atoms with van der Waals surface area (Å²) in [7, 11) is 0. The minimum Gasteiger partial charge on any atom is -0.358 e. The Morgan fingerprint density at radius 2 is 2.00 bits per heavy atom. The van der Waals surface area contributed by atoms with E-state index in [0.717, 1.165) is 28.6 Å². The van der Waals surface area contributed by atoms with Crippen LogP contribution in [0.25, 0.3) is 16.6 Å². The van der Waals surface area contributed by atoms with Gasteiger partial charge in [-0.3, -0.25) is 4.79 Å². The molecule has 0 spiro atoms. The molecule has 0 atom stereocenters. The molecule has 0 saturated heterocycles. The molecule has 1 N–H and O–H groups in total. The maximum absolute atomic E-state index is 13.0. The van der Waals surface area contributed by atoms with E-state index in [9.17, 15) is 4.79 Å². The minimum absolute atomic E-state index is 0.0142. The Bertz CT molecular complexity index is 1130. The van der Waals surface area contributed by atoms with Gasteiger partial charge in [0.1, 0.15) is 6.33 Å². The second-order valence-electron chi connectivity index (χ2n) is 6.55. The summed E-state index contributed by atoms with van der Waals surface area (Å²) in [6, 6.07) is 13.1. The van der Waals surface area contributed by atoms with Crippen LogP contribution in [-0.2, 0) is 13.0 Å². The highest BCUT2D eigenvalue weighted by atomic mass is 35.5. The summed E-state index contributed by atoms with van der Waals surface area (Å²) in [5.41, 5.74) is 4.85.